The molecule has 124 valence electrons. The zero-order valence-corrected chi connectivity index (χ0v) is 14.0. The van der Waals surface area contributed by atoms with Gasteiger partial charge >= 0.3 is 18.7 Å². The van der Waals surface area contributed by atoms with Crippen LogP contribution in [0, 0.1) is 6.92 Å². The Balaban J connectivity index is 3.89. The molecule has 0 aromatic heterocycles. The largest absolute Gasteiger partial charge is 0.401 e. The average molecular weight is 403 g/mol. The second-order valence-electron chi connectivity index (χ2n) is 3.58. The minimum Gasteiger partial charge on any atom is -0.368 e. The standard InChI is InChI=1S/C9H4Cl2N2O8S2/c1-5-2-6(20-22(10,16)17)8(13-4-15)9(7(5)12-3-14)21-23(11,18)19/h2H,1H3. The van der Waals surface area contributed by atoms with E-state index in [1.807, 2.05) is 0 Å². The van der Waals surface area contributed by atoms with Crippen molar-refractivity contribution in [3.63, 3.8) is 0 Å². The summed E-state index contributed by atoms with van der Waals surface area (Å²) in [5.74, 6) is -1.52. The fourth-order valence-electron chi connectivity index (χ4n) is 1.42. The van der Waals surface area contributed by atoms with Gasteiger partial charge in [0.15, 0.2) is 11.4 Å². The van der Waals surface area contributed by atoms with E-state index in [1.54, 1.807) is 0 Å². The summed E-state index contributed by atoms with van der Waals surface area (Å²) in [7, 11) is 0.586. The lowest BCUT2D eigenvalue weighted by Gasteiger charge is -2.12. The number of aliphatic imine (C=N–C) groups is 2. The number of hydrogen-bond donors (Lipinski definition) is 0. The Morgan fingerprint density at radius 2 is 1.43 bits per heavy atom. The summed E-state index contributed by atoms with van der Waals surface area (Å²) in [6, 6.07) is 0.958. The molecular weight excluding hydrogens is 399 g/mol. The van der Waals surface area contributed by atoms with Crippen LogP contribution in [-0.2, 0) is 28.3 Å². The van der Waals surface area contributed by atoms with Crippen molar-refractivity contribution in [2.24, 2.45) is 9.98 Å². The van der Waals surface area contributed by atoms with E-state index in [1.165, 1.54) is 6.92 Å². The molecule has 0 aliphatic rings. The molecule has 10 nitrogen and oxygen atoms in total. The van der Waals surface area contributed by atoms with Gasteiger partial charge in [-0.05, 0) is 18.6 Å². The lowest BCUT2D eigenvalue weighted by Crippen LogP contribution is -2.04. The summed E-state index contributed by atoms with van der Waals surface area (Å²) in [5, 5.41) is 0. The van der Waals surface area contributed by atoms with Gasteiger partial charge in [-0.3, -0.25) is 0 Å². The fraction of sp³-hybridized carbons (Fsp3) is 0.111. The molecule has 0 bridgehead atoms. The van der Waals surface area contributed by atoms with Gasteiger partial charge in [-0.15, -0.1) is 0 Å². The van der Waals surface area contributed by atoms with Gasteiger partial charge in [-0.25, -0.2) is 9.59 Å². The van der Waals surface area contributed by atoms with Crippen molar-refractivity contribution >= 4 is 63.6 Å². The molecule has 0 aliphatic heterocycles. The van der Waals surface area contributed by atoms with Gasteiger partial charge in [0.2, 0.25) is 17.9 Å². The molecule has 0 aliphatic carbocycles. The Kier molecular flexibility index (Phi) is 5.89. The molecule has 0 radical (unpaired) electrons. The Labute approximate surface area is 138 Å². The maximum absolute atomic E-state index is 11.1. The number of isocyanates is 2. The van der Waals surface area contributed by atoms with Crippen LogP contribution >= 0.6 is 21.4 Å². The van der Waals surface area contributed by atoms with Gasteiger partial charge in [-0.1, -0.05) is 0 Å². The second-order valence-corrected chi connectivity index (χ2v) is 7.75. The van der Waals surface area contributed by atoms with Gasteiger partial charge < -0.3 is 8.37 Å². The van der Waals surface area contributed by atoms with Crippen LogP contribution in [-0.4, -0.2) is 29.0 Å². The molecule has 0 N–H and O–H groups in total. The first kappa shape index (κ1) is 19.1. The van der Waals surface area contributed by atoms with Crippen molar-refractivity contribution < 1.29 is 34.8 Å². The quantitative estimate of drug-likeness (QED) is 0.396. The SMILES string of the molecule is Cc1cc(OS(=O)(=O)Cl)c(N=C=O)c(OS(=O)(=O)Cl)c1N=C=O. The predicted octanol–water partition coefficient (Wildman–Crippen LogP) is 1.65. The van der Waals surface area contributed by atoms with Gasteiger partial charge in [0.25, 0.3) is 0 Å². The first-order chi connectivity index (χ1) is 10.5. The summed E-state index contributed by atoms with van der Waals surface area (Å²) in [6.07, 6.45) is 2.14. The highest BCUT2D eigenvalue weighted by atomic mass is 35.7. The van der Waals surface area contributed by atoms with Crippen molar-refractivity contribution in [1.29, 1.82) is 0 Å². The summed E-state index contributed by atoms with van der Waals surface area (Å²) in [4.78, 5) is 27.2. The molecule has 23 heavy (non-hydrogen) atoms. The van der Waals surface area contributed by atoms with E-state index in [0.717, 1.165) is 18.2 Å². The Hall–Kier alpha value is -1.94. The molecule has 1 rings (SSSR count). The smallest absolute Gasteiger partial charge is 0.368 e. The Morgan fingerprint density at radius 1 is 0.957 bits per heavy atom. The molecule has 0 heterocycles. The second kappa shape index (κ2) is 7.09. The summed E-state index contributed by atoms with van der Waals surface area (Å²) >= 11 is 0. The Bertz CT molecular complexity index is 944. The van der Waals surface area contributed by atoms with Crippen LogP contribution in [0.2, 0.25) is 0 Å². The number of benzene rings is 1. The number of halogens is 2. The van der Waals surface area contributed by atoms with E-state index < -0.39 is 41.5 Å². The monoisotopic (exact) mass is 402 g/mol. The number of carbonyl (C=O) groups excluding carboxylic acids is 2. The third-order valence-corrected chi connectivity index (χ3v) is 3.19. The summed E-state index contributed by atoms with van der Waals surface area (Å²) in [6.45, 7) is 1.28. The van der Waals surface area contributed by atoms with E-state index in [0.29, 0.717) is 0 Å². The van der Waals surface area contributed by atoms with Crippen LogP contribution in [0.4, 0.5) is 11.4 Å². The van der Waals surface area contributed by atoms with Crippen LogP contribution in [0.1, 0.15) is 5.56 Å². The van der Waals surface area contributed by atoms with E-state index >= 15 is 0 Å². The molecule has 0 atom stereocenters. The lowest BCUT2D eigenvalue weighted by molar-refractivity contribution is 0.493. The average Bonchev–Trinajstić information content (AvgIpc) is 2.35. The van der Waals surface area contributed by atoms with E-state index in [4.69, 9.17) is 21.4 Å². The minimum atomic E-state index is -4.68. The topological polar surface area (TPSA) is 146 Å². The van der Waals surface area contributed by atoms with Gasteiger partial charge in [0, 0.05) is 0 Å². The van der Waals surface area contributed by atoms with Crippen molar-refractivity contribution in [3.8, 4) is 11.5 Å². The first-order valence-electron chi connectivity index (χ1n) is 5.10. The molecule has 0 unspecified atom stereocenters. The summed E-state index contributed by atoms with van der Waals surface area (Å²) in [5.41, 5.74) is -1.20. The van der Waals surface area contributed by atoms with Crippen LogP contribution in [0.3, 0.4) is 0 Å². The van der Waals surface area contributed by atoms with Gasteiger partial charge in [0.1, 0.15) is 5.69 Å². The van der Waals surface area contributed by atoms with Crippen molar-refractivity contribution in [2.75, 3.05) is 0 Å². The number of hydrogen-bond acceptors (Lipinski definition) is 10. The van der Waals surface area contributed by atoms with Crippen LogP contribution in [0.5, 0.6) is 11.5 Å². The molecule has 0 saturated carbocycles. The van der Waals surface area contributed by atoms with Crippen molar-refractivity contribution in [2.45, 2.75) is 6.92 Å². The van der Waals surface area contributed by atoms with Crippen LogP contribution in [0.15, 0.2) is 16.1 Å². The molecule has 1 aromatic rings. The number of aryl methyl sites for hydroxylation is 1. The van der Waals surface area contributed by atoms with Gasteiger partial charge in [-0.2, -0.15) is 26.8 Å². The highest BCUT2D eigenvalue weighted by Crippen LogP contribution is 2.47. The zero-order valence-electron chi connectivity index (χ0n) is 10.8. The molecule has 0 amide bonds. The molecular formula is C9H4Cl2N2O8S2. The van der Waals surface area contributed by atoms with Crippen molar-refractivity contribution in [3.05, 3.63) is 11.6 Å². The van der Waals surface area contributed by atoms with E-state index in [2.05, 4.69) is 18.4 Å². The molecule has 0 fully saturated rings. The first-order valence-corrected chi connectivity index (χ1v) is 9.57. The molecule has 14 heteroatoms. The molecule has 0 spiro atoms. The maximum Gasteiger partial charge on any atom is 0.401 e. The zero-order chi connectivity index (χ0) is 17.8. The van der Waals surface area contributed by atoms with E-state index in [9.17, 15) is 26.4 Å². The lowest BCUT2D eigenvalue weighted by atomic mass is 10.1. The predicted molar refractivity (Wildman–Crippen MR) is 77.5 cm³/mol. The van der Waals surface area contributed by atoms with E-state index in [-0.39, 0.29) is 5.56 Å². The third-order valence-electron chi connectivity index (χ3n) is 2.07. The van der Waals surface area contributed by atoms with Crippen LogP contribution < -0.4 is 8.37 Å². The van der Waals surface area contributed by atoms with Crippen molar-refractivity contribution in [1.82, 2.24) is 0 Å². The highest BCUT2D eigenvalue weighted by molar-refractivity contribution is 8.10. The Morgan fingerprint density at radius 3 is 1.87 bits per heavy atom. The minimum absolute atomic E-state index is 0.00355. The third kappa shape index (κ3) is 5.64. The molecule has 1 aromatic carbocycles. The van der Waals surface area contributed by atoms with Gasteiger partial charge in [0.05, 0.1) is 21.4 Å². The summed E-state index contributed by atoms with van der Waals surface area (Å²) < 4.78 is 53.0. The molecule has 0 saturated heterocycles. The highest BCUT2D eigenvalue weighted by Gasteiger charge is 2.25. The fourth-order valence-corrected chi connectivity index (χ4v) is 2.51. The number of nitrogens with zero attached hydrogens (tertiary/aromatic N) is 2. The maximum atomic E-state index is 11.1. The normalized spacial score (nSPS) is 11.1. The van der Waals surface area contributed by atoms with Crippen LogP contribution in [0.25, 0.3) is 0 Å². The number of rotatable bonds is 6.